The zero-order valence-corrected chi connectivity index (χ0v) is 26.9. The smallest absolute Gasteiger partial charge is 0.125 e. The van der Waals surface area contributed by atoms with Crippen molar-refractivity contribution in [1.29, 1.82) is 10.8 Å². The zero-order chi connectivity index (χ0) is 30.0. The first-order valence-corrected chi connectivity index (χ1v) is 17.2. The van der Waals surface area contributed by atoms with Crippen molar-refractivity contribution in [3.63, 3.8) is 0 Å². The highest BCUT2D eigenvalue weighted by atomic mass is 32.1. The van der Waals surface area contributed by atoms with Gasteiger partial charge < -0.3 is 20.4 Å². The Morgan fingerprint density at radius 3 is 1.60 bits per heavy atom. The van der Waals surface area contributed by atoms with E-state index in [4.69, 9.17) is 10.8 Å². The van der Waals surface area contributed by atoms with Crippen LogP contribution in [0, 0.1) is 10.8 Å². The Hall–Kier alpha value is -3.00. The van der Waals surface area contributed by atoms with Crippen LogP contribution in [0.3, 0.4) is 0 Å². The van der Waals surface area contributed by atoms with E-state index in [9.17, 15) is 0 Å². The first-order valence-electron chi connectivity index (χ1n) is 16.4. The number of piperidine rings is 2. The summed E-state index contributed by atoms with van der Waals surface area (Å²) in [6, 6.07) is 22.4. The van der Waals surface area contributed by atoms with Crippen LogP contribution in [0.4, 0.5) is 0 Å². The number of thiophene rings is 1. The normalized spacial score (nSPS) is 19.7. The number of rotatable bonds is 12. The van der Waals surface area contributed by atoms with E-state index in [2.05, 4.69) is 82.8 Å². The van der Waals surface area contributed by atoms with Gasteiger partial charge in [0.1, 0.15) is 11.7 Å². The molecule has 230 valence electrons. The van der Waals surface area contributed by atoms with Crippen LogP contribution < -0.4 is 10.6 Å². The number of nitrogens with zero attached hydrogens (tertiary/aromatic N) is 2. The van der Waals surface area contributed by atoms with Crippen molar-refractivity contribution < 1.29 is 0 Å². The minimum atomic E-state index is 0.495. The average molecular weight is 599 g/mol. The third-order valence-electron chi connectivity index (χ3n) is 9.21. The maximum Gasteiger partial charge on any atom is 0.125 e. The topological polar surface area (TPSA) is 78.2 Å². The van der Waals surface area contributed by atoms with Gasteiger partial charge in [0.15, 0.2) is 0 Å². The number of hydrogen-bond donors (Lipinski definition) is 4. The van der Waals surface area contributed by atoms with Gasteiger partial charge in [-0.1, -0.05) is 49.2 Å². The molecule has 4 N–H and O–H groups in total. The van der Waals surface area contributed by atoms with Gasteiger partial charge in [0.2, 0.25) is 0 Å². The van der Waals surface area contributed by atoms with E-state index in [-0.39, 0.29) is 0 Å². The molecule has 7 heteroatoms. The Morgan fingerprint density at radius 2 is 1.16 bits per heavy atom. The highest BCUT2D eigenvalue weighted by molar-refractivity contribution is 7.18. The lowest BCUT2D eigenvalue weighted by molar-refractivity contribution is 0.159. The molecular weight excluding hydrogens is 549 g/mol. The lowest BCUT2D eigenvalue weighted by Crippen LogP contribution is -2.39. The monoisotopic (exact) mass is 598 g/mol. The second kappa shape index (κ2) is 15.6. The van der Waals surface area contributed by atoms with Gasteiger partial charge in [0.05, 0.1) is 0 Å². The Bertz CT molecular complexity index is 1250. The minimum absolute atomic E-state index is 0.495. The molecule has 0 bridgehead atoms. The van der Waals surface area contributed by atoms with E-state index in [1.54, 1.807) is 11.3 Å². The summed E-state index contributed by atoms with van der Waals surface area (Å²) in [5.74, 6) is 0.990. The first-order chi connectivity index (χ1) is 21.0. The van der Waals surface area contributed by atoms with Crippen LogP contribution in [0.25, 0.3) is 20.9 Å². The van der Waals surface area contributed by atoms with E-state index in [0.29, 0.717) is 23.8 Å². The number of nitrogens with one attached hydrogen (secondary N) is 4. The molecule has 0 radical (unpaired) electrons. The SMILES string of the molecule is CC1CCCCN1CCCNC(=N)c1cccc(-c2ccc(-c3cccc(C(=N)NCCCN4CCCCC4C)c3)s2)c1. The van der Waals surface area contributed by atoms with Crippen LogP contribution in [-0.4, -0.2) is 72.8 Å². The number of likely N-dealkylation sites (tertiary alicyclic amines) is 2. The highest BCUT2D eigenvalue weighted by Crippen LogP contribution is 2.35. The van der Waals surface area contributed by atoms with E-state index in [1.807, 2.05) is 12.1 Å². The van der Waals surface area contributed by atoms with Gasteiger partial charge in [0.25, 0.3) is 0 Å². The Morgan fingerprint density at radius 1 is 0.698 bits per heavy atom. The summed E-state index contributed by atoms with van der Waals surface area (Å²) >= 11 is 1.76. The molecule has 2 atom stereocenters. The van der Waals surface area contributed by atoms with Crippen molar-refractivity contribution in [3.8, 4) is 20.9 Å². The molecule has 2 saturated heterocycles. The largest absolute Gasteiger partial charge is 0.370 e. The fourth-order valence-corrected chi connectivity index (χ4v) is 7.48. The van der Waals surface area contributed by atoms with Gasteiger partial charge >= 0.3 is 0 Å². The maximum atomic E-state index is 8.63. The molecule has 1 aromatic heterocycles. The molecule has 6 nitrogen and oxygen atoms in total. The third-order valence-corrected chi connectivity index (χ3v) is 10.4. The summed E-state index contributed by atoms with van der Waals surface area (Å²) in [5.41, 5.74) is 4.12. The van der Waals surface area contributed by atoms with Crippen molar-refractivity contribution in [2.75, 3.05) is 39.3 Å². The van der Waals surface area contributed by atoms with E-state index < -0.39 is 0 Å². The minimum Gasteiger partial charge on any atom is -0.370 e. The van der Waals surface area contributed by atoms with Crippen LogP contribution >= 0.6 is 11.3 Å². The fraction of sp³-hybridized carbons (Fsp3) is 0.500. The average Bonchev–Trinajstić information content (AvgIpc) is 3.54. The van der Waals surface area contributed by atoms with Crippen LogP contribution in [0.15, 0.2) is 60.7 Å². The Labute approximate surface area is 262 Å². The lowest BCUT2D eigenvalue weighted by Gasteiger charge is -2.33. The molecule has 5 rings (SSSR count). The van der Waals surface area contributed by atoms with Crippen molar-refractivity contribution in [3.05, 3.63) is 71.8 Å². The van der Waals surface area contributed by atoms with Crippen LogP contribution in [0.5, 0.6) is 0 Å². The molecule has 2 fully saturated rings. The summed E-state index contributed by atoms with van der Waals surface area (Å²) in [6.45, 7) is 11.0. The molecule has 3 aromatic rings. The van der Waals surface area contributed by atoms with Crippen molar-refractivity contribution in [2.24, 2.45) is 0 Å². The summed E-state index contributed by atoms with van der Waals surface area (Å²) in [7, 11) is 0. The van der Waals surface area contributed by atoms with Gasteiger partial charge in [-0.2, -0.15) is 0 Å². The van der Waals surface area contributed by atoms with E-state index in [1.165, 1.54) is 61.4 Å². The second-order valence-electron chi connectivity index (χ2n) is 12.4. The van der Waals surface area contributed by atoms with Gasteiger partial charge in [-0.25, -0.2) is 0 Å². The molecule has 2 unspecified atom stereocenters. The lowest BCUT2D eigenvalue weighted by atomic mass is 10.0. The van der Waals surface area contributed by atoms with Crippen LogP contribution in [0.1, 0.15) is 76.3 Å². The van der Waals surface area contributed by atoms with Crippen molar-refractivity contribution >= 4 is 23.0 Å². The van der Waals surface area contributed by atoms with Gasteiger partial charge in [0, 0.05) is 59.1 Å². The molecule has 0 amide bonds. The Balaban J connectivity index is 1.12. The summed E-state index contributed by atoms with van der Waals surface area (Å²) in [5, 5.41) is 23.9. The molecule has 2 aliphatic rings. The van der Waals surface area contributed by atoms with Gasteiger partial charge in [-0.15, -0.1) is 11.3 Å². The summed E-state index contributed by atoms with van der Waals surface area (Å²) in [4.78, 5) is 7.57. The van der Waals surface area contributed by atoms with E-state index in [0.717, 1.165) is 61.3 Å². The standard InChI is InChI=1S/C36H50N6S/c1-27-11-3-5-21-41(27)23-9-19-39-35(37)31-15-7-13-29(25-31)33-17-18-34(43-33)30-14-8-16-32(26-30)36(38)40-20-10-24-42-22-6-4-12-28(42)2/h7-8,13-18,25-28H,3-6,9-12,19-24H2,1-2H3,(H2,37,39)(H2,38,40). The molecule has 0 aliphatic carbocycles. The fourth-order valence-electron chi connectivity index (χ4n) is 6.48. The predicted molar refractivity (Wildman–Crippen MR) is 184 cm³/mol. The predicted octanol–water partition coefficient (Wildman–Crippen LogP) is 7.44. The molecule has 2 aromatic carbocycles. The molecular formula is C36H50N6S. The molecule has 2 aliphatic heterocycles. The maximum absolute atomic E-state index is 8.63. The van der Waals surface area contributed by atoms with Crippen LogP contribution in [0.2, 0.25) is 0 Å². The quantitative estimate of drug-likeness (QED) is 0.0993. The molecule has 0 saturated carbocycles. The van der Waals surface area contributed by atoms with Gasteiger partial charge in [-0.05, 0) is 101 Å². The highest BCUT2D eigenvalue weighted by Gasteiger charge is 2.18. The van der Waals surface area contributed by atoms with Crippen molar-refractivity contribution in [2.45, 2.75) is 77.3 Å². The van der Waals surface area contributed by atoms with E-state index >= 15 is 0 Å². The van der Waals surface area contributed by atoms with Crippen molar-refractivity contribution in [1.82, 2.24) is 20.4 Å². The summed E-state index contributed by atoms with van der Waals surface area (Å²) in [6.07, 6.45) is 10.1. The number of hydrogen-bond acceptors (Lipinski definition) is 5. The number of benzene rings is 2. The number of amidine groups is 2. The van der Waals surface area contributed by atoms with Gasteiger partial charge in [-0.3, -0.25) is 10.8 Å². The zero-order valence-electron chi connectivity index (χ0n) is 26.1. The third kappa shape index (κ3) is 8.78. The van der Waals surface area contributed by atoms with Crippen LogP contribution in [-0.2, 0) is 0 Å². The Kier molecular flexibility index (Phi) is 11.4. The molecule has 43 heavy (non-hydrogen) atoms. The second-order valence-corrected chi connectivity index (χ2v) is 13.5. The summed E-state index contributed by atoms with van der Waals surface area (Å²) < 4.78 is 0. The molecule has 0 spiro atoms. The molecule has 3 heterocycles. The first kappa shape index (κ1) is 31.4.